The fourth-order valence-corrected chi connectivity index (χ4v) is 3.23. The molecule has 3 rings (SSSR count). The molecule has 0 bridgehead atoms. The van der Waals surface area contributed by atoms with Gasteiger partial charge in [0, 0.05) is 40.2 Å². The van der Waals surface area contributed by atoms with E-state index >= 15 is 0 Å². The molecule has 0 unspecified atom stereocenters. The molecular formula is C17H24N4O2. The van der Waals surface area contributed by atoms with Crippen molar-refractivity contribution >= 4 is 16.9 Å². The average Bonchev–Trinajstić information content (AvgIpc) is 3.05. The largest absolute Gasteiger partial charge is 0.343 e. The number of rotatable bonds is 6. The van der Waals surface area contributed by atoms with Gasteiger partial charge in [-0.1, -0.05) is 6.07 Å². The maximum absolute atomic E-state index is 11.9. The maximum Gasteiger partial charge on any atom is 0.328 e. The number of aryl methyl sites for hydroxylation is 2. The summed E-state index contributed by atoms with van der Waals surface area (Å²) in [4.78, 5) is 25.4. The summed E-state index contributed by atoms with van der Waals surface area (Å²) in [6, 6.07) is 6.11. The van der Waals surface area contributed by atoms with Crippen LogP contribution in [0.5, 0.6) is 0 Å². The van der Waals surface area contributed by atoms with Gasteiger partial charge in [0.2, 0.25) is 5.91 Å². The second-order valence-electron chi connectivity index (χ2n) is 6.24. The van der Waals surface area contributed by atoms with Crippen molar-refractivity contribution in [1.82, 2.24) is 19.4 Å². The van der Waals surface area contributed by atoms with Crippen molar-refractivity contribution in [2.45, 2.75) is 25.8 Å². The highest BCUT2D eigenvalue weighted by Gasteiger charge is 2.18. The highest BCUT2D eigenvalue weighted by atomic mass is 16.2. The molecule has 1 aromatic carbocycles. The first kappa shape index (κ1) is 15.8. The van der Waals surface area contributed by atoms with Crippen LogP contribution < -0.4 is 11.0 Å². The summed E-state index contributed by atoms with van der Waals surface area (Å²) in [5.74, 6) is 0.292. The van der Waals surface area contributed by atoms with Crippen molar-refractivity contribution in [2.75, 3.05) is 19.6 Å². The van der Waals surface area contributed by atoms with Gasteiger partial charge in [0.05, 0.1) is 11.0 Å². The molecule has 1 fully saturated rings. The van der Waals surface area contributed by atoms with Crippen molar-refractivity contribution in [1.29, 1.82) is 0 Å². The van der Waals surface area contributed by atoms with E-state index in [1.54, 1.807) is 23.2 Å². The first-order valence-electron chi connectivity index (χ1n) is 8.21. The number of imidazole rings is 1. The minimum absolute atomic E-state index is 0.000361. The number of hydrogen-bond acceptors (Lipinski definition) is 3. The normalized spacial score (nSPS) is 15.0. The van der Waals surface area contributed by atoms with Crippen LogP contribution in [0.15, 0.2) is 23.0 Å². The van der Waals surface area contributed by atoms with Crippen LogP contribution in [0.4, 0.5) is 0 Å². The number of likely N-dealkylation sites (tertiary alicyclic amines) is 1. The number of amides is 1. The molecule has 0 saturated carbocycles. The number of carbonyl (C=O) groups excluding carboxylic acids is 1. The molecule has 2 heterocycles. The Morgan fingerprint density at radius 2 is 1.91 bits per heavy atom. The maximum atomic E-state index is 11.9. The van der Waals surface area contributed by atoms with E-state index in [1.807, 2.05) is 11.0 Å². The van der Waals surface area contributed by atoms with Crippen LogP contribution in [-0.4, -0.2) is 39.6 Å². The van der Waals surface area contributed by atoms with Gasteiger partial charge in [-0.15, -0.1) is 0 Å². The number of fused-ring (bicyclic) bond motifs is 1. The smallest absolute Gasteiger partial charge is 0.328 e. The van der Waals surface area contributed by atoms with Gasteiger partial charge in [0.15, 0.2) is 0 Å². The van der Waals surface area contributed by atoms with Crippen LogP contribution in [-0.2, 0) is 25.4 Å². The Bertz CT molecular complexity index is 775. The number of hydrogen-bond donors (Lipinski definition) is 1. The van der Waals surface area contributed by atoms with E-state index in [0.29, 0.717) is 12.3 Å². The highest BCUT2D eigenvalue weighted by Crippen LogP contribution is 2.14. The molecule has 0 aliphatic carbocycles. The lowest BCUT2D eigenvalue weighted by Gasteiger charge is -2.15. The minimum Gasteiger partial charge on any atom is -0.343 e. The molecule has 1 saturated heterocycles. The van der Waals surface area contributed by atoms with Gasteiger partial charge in [0.25, 0.3) is 0 Å². The molecule has 1 amide bonds. The molecule has 1 N–H and O–H groups in total. The third kappa shape index (κ3) is 3.17. The summed E-state index contributed by atoms with van der Waals surface area (Å²) in [6.45, 7) is 3.41. The second-order valence-corrected chi connectivity index (χ2v) is 6.24. The van der Waals surface area contributed by atoms with E-state index in [-0.39, 0.29) is 5.69 Å². The Kier molecular flexibility index (Phi) is 4.52. The molecule has 6 nitrogen and oxygen atoms in total. The number of carbonyl (C=O) groups is 1. The van der Waals surface area contributed by atoms with E-state index in [1.165, 1.54) is 0 Å². The summed E-state index contributed by atoms with van der Waals surface area (Å²) in [5.41, 5.74) is 3.07. The SMILES string of the molecule is Cn1c(=O)n(C)c2cc(CNCCCN3CCCC3=O)ccc21. The Hall–Kier alpha value is -2.08. The lowest BCUT2D eigenvalue weighted by molar-refractivity contribution is -0.127. The first-order valence-corrected chi connectivity index (χ1v) is 8.21. The number of nitrogens with zero attached hydrogens (tertiary/aromatic N) is 3. The van der Waals surface area contributed by atoms with Crippen molar-refractivity contribution in [3.63, 3.8) is 0 Å². The average molecular weight is 316 g/mol. The molecule has 1 aromatic heterocycles. The van der Waals surface area contributed by atoms with Crippen LogP contribution >= 0.6 is 0 Å². The number of aromatic nitrogens is 2. The summed E-state index contributed by atoms with van der Waals surface area (Å²) >= 11 is 0. The second kappa shape index (κ2) is 6.58. The molecule has 0 radical (unpaired) electrons. The van der Waals surface area contributed by atoms with Crippen LogP contribution in [0.25, 0.3) is 11.0 Å². The van der Waals surface area contributed by atoms with Crippen LogP contribution in [0.1, 0.15) is 24.8 Å². The molecule has 6 heteroatoms. The van der Waals surface area contributed by atoms with Crippen LogP contribution in [0, 0.1) is 0 Å². The molecule has 0 spiro atoms. The summed E-state index contributed by atoms with van der Waals surface area (Å²) in [6.07, 6.45) is 2.68. The van der Waals surface area contributed by atoms with Crippen molar-refractivity contribution in [3.8, 4) is 0 Å². The van der Waals surface area contributed by atoms with E-state index in [0.717, 1.165) is 55.6 Å². The van der Waals surface area contributed by atoms with E-state index in [9.17, 15) is 9.59 Å². The zero-order valence-electron chi connectivity index (χ0n) is 13.8. The Morgan fingerprint density at radius 3 is 2.65 bits per heavy atom. The zero-order chi connectivity index (χ0) is 16.4. The zero-order valence-corrected chi connectivity index (χ0v) is 13.8. The van der Waals surface area contributed by atoms with E-state index in [2.05, 4.69) is 17.4 Å². The lowest BCUT2D eigenvalue weighted by Crippen LogP contribution is -2.28. The fraction of sp³-hybridized carbons (Fsp3) is 0.529. The van der Waals surface area contributed by atoms with Crippen molar-refractivity contribution in [3.05, 3.63) is 34.2 Å². The molecule has 124 valence electrons. The number of nitrogens with one attached hydrogen (secondary N) is 1. The molecular weight excluding hydrogens is 292 g/mol. The van der Waals surface area contributed by atoms with Gasteiger partial charge in [-0.25, -0.2) is 4.79 Å². The van der Waals surface area contributed by atoms with Crippen LogP contribution in [0.3, 0.4) is 0 Å². The van der Waals surface area contributed by atoms with Gasteiger partial charge < -0.3 is 10.2 Å². The lowest BCUT2D eigenvalue weighted by atomic mass is 10.2. The molecule has 23 heavy (non-hydrogen) atoms. The van der Waals surface area contributed by atoms with Crippen molar-refractivity contribution < 1.29 is 4.79 Å². The predicted octanol–water partition coefficient (Wildman–Crippen LogP) is 0.979. The van der Waals surface area contributed by atoms with E-state index in [4.69, 9.17) is 0 Å². The minimum atomic E-state index is 0.000361. The third-order valence-corrected chi connectivity index (χ3v) is 4.62. The van der Waals surface area contributed by atoms with Crippen LogP contribution in [0.2, 0.25) is 0 Å². The Labute approximate surface area is 135 Å². The summed E-state index contributed by atoms with van der Waals surface area (Å²) < 4.78 is 3.34. The van der Waals surface area contributed by atoms with Gasteiger partial charge in [-0.05, 0) is 37.1 Å². The molecule has 1 aliphatic heterocycles. The quantitative estimate of drug-likeness (QED) is 0.808. The fourth-order valence-electron chi connectivity index (χ4n) is 3.23. The van der Waals surface area contributed by atoms with Gasteiger partial charge in [0.1, 0.15) is 0 Å². The predicted molar refractivity (Wildman–Crippen MR) is 90.3 cm³/mol. The van der Waals surface area contributed by atoms with E-state index < -0.39 is 0 Å². The van der Waals surface area contributed by atoms with Gasteiger partial charge in [-0.3, -0.25) is 13.9 Å². The van der Waals surface area contributed by atoms with Gasteiger partial charge >= 0.3 is 5.69 Å². The molecule has 1 aliphatic rings. The van der Waals surface area contributed by atoms with Crippen molar-refractivity contribution in [2.24, 2.45) is 14.1 Å². The standard InChI is InChI=1S/C17H24N4O2/c1-19-14-7-6-13(11-15(14)20(2)17(19)23)12-18-8-4-10-21-9-3-5-16(21)22/h6-7,11,18H,3-5,8-10,12H2,1-2H3. The third-order valence-electron chi connectivity index (χ3n) is 4.62. The monoisotopic (exact) mass is 316 g/mol. The Morgan fingerprint density at radius 1 is 1.13 bits per heavy atom. The topological polar surface area (TPSA) is 59.3 Å². The summed E-state index contributed by atoms with van der Waals surface area (Å²) in [5, 5.41) is 3.41. The molecule has 0 atom stereocenters. The Balaban J connectivity index is 1.52. The number of benzene rings is 1. The first-order chi connectivity index (χ1) is 11.1. The molecule has 2 aromatic rings. The summed E-state index contributed by atoms with van der Waals surface area (Å²) in [7, 11) is 3.59. The van der Waals surface area contributed by atoms with Gasteiger partial charge in [-0.2, -0.15) is 0 Å². The highest BCUT2D eigenvalue weighted by molar-refractivity contribution is 5.78.